The van der Waals surface area contributed by atoms with E-state index >= 15 is 0 Å². The molecular formula is C15H11N3O4. The Morgan fingerprint density at radius 1 is 1.18 bits per heavy atom. The molecule has 0 amide bonds. The first-order valence-corrected chi connectivity index (χ1v) is 6.49. The van der Waals surface area contributed by atoms with Gasteiger partial charge in [0.1, 0.15) is 6.61 Å². The summed E-state index contributed by atoms with van der Waals surface area (Å²) < 4.78 is 6.19. The van der Waals surface area contributed by atoms with Crippen molar-refractivity contribution in [3.05, 3.63) is 70.4 Å². The van der Waals surface area contributed by atoms with Gasteiger partial charge in [0.2, 0.25) is 0 Å². The van der Waals surface area contributed by atoms with E-state index in [0.717, 1.165) is 10.2 Å². The van der Waals surface area contributed by atoms with E-state index in [1.165, 1.54) is 18.3 Å². The second kappa shape index (κ2) is 5.65. The summed E-state index contributed by atoms with van der Waals surface area (Å²) in [6.45, 7) is 0.107. The molecule has 0 saturated carbocycles. The third-order valence-corrected chi connectivity index (χ3v) is 3.17. The fourth-order valence-corrected chi connectivity index (χ4v) is 2.12. The Morgan fingerprint density at radius 2 is 1.95 bits per heavy atom. The van der Waals surface area contributed by atoms with Crippen molar-refractivity contribution >= 4 is 22.7 Å². The van der Waals surface area contributed by atoms with Crippen LogP contribution < -0.4 is 0 Å². The van der Waals surface area contributed by atoms with E-state index in [2.05, 4.69) is 5.10 Å². The van der Waals surface area contributed by atoms with Crippen LogP contribution in [-0.2, 0) is 11.3 Å². The van der Waals surface area contributed by atoms with E-state index in [1.807, 2.05) is 30.3 Å². The van der Waals surface area contributed by atoms with Crippen molar-refractivity contribution in [2.75, 3.05) is 0 Å². The quantitative estimate of drug-likeness (QED) is 0.547. The van der Waals surface area contributed by atoms with Crippen LogP contribution in [-0.4, -0.2) is 20.8 Å². The van der Waals surface area contributed by atoms with Crippen LogP contribution in [0.25, 0.3) is 10.9 Å². The molecule has 3 rings (SSSR count). The molecule has 0 spiro atoms. The van der Waals surface area contributed by atoms with Gasteiger partial charge in [-0.1, -0.05) is 36.4 Å². The predicted molar refractivity (Wildman–Crippen MR) is 78.4 cm³/mol. The Hall–Kier alpha value is -3.22. The SMILES string of the molecule is O=C(OCc1ccccc1)n1ncc2c([N+](=O)[O-])cccc21. The summed E-state index contributed by atoms with van der Waals surface area (Å²) in [5.41, 5.74) is 1.09. The molecule has 0 unspecified atom stereocenters. The fraction of sp³-hybridized carbons (Fsp3) is 0.0667. The van der Waals surface area contributed by atoms with E-state index in [0.29, 0.717) is 10.9 Å². The summed E-state index contributed by atoms with van der Waals surface area (Å²) in [4.78, 5) is 22.5. The minimum Gasteiger partial charge on any atom is -0.443 e. The van der Waals surface area contributed by atoms with Crippen LogP contribution >= 0.6 is 0 Å². The number of hydrogen-bond acceptors (Lipinski definition) is 5. The number of nitrogens with zero attached hydrogens (tertiary/aromatic N) is 3. The summed E-state index contributed by atoms with van der Waals surface area (Å²) in [7, 11) is 0. The predicted octanol–water partition coefficient (Wildman–Crippen LogP) is 3.13. The Labute approximate surface area is 124 Å². The fourth-order valence-electron chi connectivity index (χ4n) is 2.12. The monoisotopic (exact) mass is 297 g/mol. The lowest BCUT2D eigenvalue weighted by atomic mass is 10.2. The highest BCUT2D eigenvalue weighted by molar-refractivity contribution is 5.93. The zero-order chi connectivity index (χ0) is 15.5. The van der Waals surface area contributed by atoms with Crippen LogP contribution in [0.2, 0.25) is 0 Å². The van der Waals surface area contributed by atoms with Crippen LogP contribution in [0.3, 0.4) is 0 Å². The van der Waals surface area contributed by atoms with Gasteiger partial charge >= 0.3 is 6.09 Å². The molecule has 22 heavy (non-hydrogen) atoms. The molecule has 2 aromatic carbocycles. The van der Waals surface area contributed by atoms with Crippen molar-refractivity contribution < 1.29 is 14.5 Å². The largest absolute Gasteiger partial charge is 0.443 e. The van der Waals surface area contributed by atoms with Crippen molar-refractivity contribution in [1.82, 2.24) is 9.78 Å². The normalized spacial score (nSPS) is 10.5. The van der Waals surface area contributed by atoms with Crippen molar-refractivity contribution in [2.45, 2.75) is 6.61 Å². The van der Waals surface area contributed by atoms with E-state index in [-0.39, 0.29) is 12.3 Å². The molecule has 7 heteroatoms. The highest BCUT2D eigenvalue weighted by Gasteiger charge is 2.18. The van der Waals surface area contributed by atoms with Crippen molar-refractivity contribution in [3.63, 3.8) is 0 Å². The maximum absolute atomic E-state index is 12.1. The van der Waals surface area contributed by atoms with E-state index in [9.17, 15) is 14.9 Å². The van der Waals surface area contributed by atoms with Crippen LogP contribution in [0.5, 0.6) is 0 Å². The number of ether oxygens (including phenoxy) is 1. The number of hydrogen-bond donors (Lipinski definition) is 0. The molecular weight excluding hydrogens is 286 g/mol. The molecule has 0 atom stereocenters. The first kappa shape index (κ1) is 13.7. The molecule has 0 bridgehead atoms. The van der Waals surface area contributed by atoms with E-state index < -0.39 is 11.0 Å². The number of benzene rings is 2. The van der Waals surface area contributed by atoms with Crippen LogP contribution in [0, 0.1) is 10.1 Å². The van der Waals surface area contributed by atoms with Crippen molar-refractivity contribution in [2.24, 2.45) is 0 Å². The topological polar surface area (TPSA) is 87.3 Å². The van der Waals surface area contributed by atoms with Gasteiger partial charge in [0.05, 0.1) is 22.0 Å². The van der Waals surface area contributed by atoms with Crippen LogP contribution in [0.4, 0.5) is 10.5 Å². The van der Waals surface area contributed by atoms with E-state index in [1.54, 1.807) is 6.07 Å². The molecule has 0 radical (unpaired) electrons. The highest BCUT2D eigenvalue weighted by atomic mass is 16.6. The summed E-state index contributed by atoms with van der Waals surface area (Å²) in [5, 5.41) is 15.1. The maximum Gasteiger partial charge on any atom is 0.435 e. The average Bonchev–Trinajstić information content (AvgIpc) is 2.97. The van der Waals surface area contributed by atoms with Gasteiger partial charge in [-0.15, -0.1) is 0 Å². The molecule has 110 valence electrons. The standard InChI is InChI=1S/C15H11N3O4/c19-15(22-10-11-5-2-1-3-6-11)17-13-7-4-8-14(18(20)21)12(13)9-16-17/h1-9H,10H2. The molecule has 1 heterocycles. The molecule has 0 aliphatic carbocycles. The zero-order valence-corrected chi connectivity index (χ0v) is 11.4. The van der Waals surface area contributed by atoms with Crippen molar-refractivity contribution in [3.8, 4) is 0 Å². The number of fused-ring (bicyclic) bond motifs is 1. The van der Waals surface area contributed by atoms with Gasteiger partial charge in [0.25, 0.3) is 5.69 Å². The molecule has 7 nitrogen and oxygen atoms in total. The zero-order valence-electron chi connectivity index (χ0n) is 11.4. The molecule has 1 aromatic heterocycles. The Morgan fingerprint density at radius 3 is 2.68 bits per heavy atom. The molecule has 0 aliphatic rings. The summed E-state index contributed by atoms with van der Waals surface area (Å²) in [6.07, 6.45) is 0.608. The van der Waals surface area contributed by atoms with E-state index in [4.69, 9.17) is 4.74 Å². The Kier molecular flexibility index (Phi) is 3.53. The number of nitro benzene ring substituents is 1. The first-order valence-electron chi connectivity index (χ1n) is 6.49. The summed E-state index contributed by atoms with van der Waals surface area (Å²) in [6, 6.07) is 13.7. The second-order valence-corrected chi connectivity index (χ2v) is 4.56. The lowest BCUT2D eigenvalue weighted by Gasteiger charge is -2.05. The van der Waals surface area contributed by atoms with Crippen LogP contribution in [0.15, 0.2) is 54.7 Å². The molecule has 3 aromatic rings. The average molecular weight is 297 g/mol. The number of nitro groups is 1. The first-order chi connectivity index (χ1) is 10.7. The Bertz CT molecular complexity index is 842. The Balaban J connectivity index is 1.86. The minimum absolute atomic E-state index is 0.0976. The molecule has 0 aliphatic heterocycles. The van der Waals surface area contributed by atoms with Gasteiger partial charge < -0.3 is 4.74 Å². The van der Waals surface area contributed by atoms with Gasteiger partial charge in [-0.3, -0.25) is 10.1 Å². The van der Waals surface area contributed by atoms with Gasteiger partial charge in [-0.05, 0) is 11.6 Å². The maximum atomic E-state index is 12.1. The summed E-state index contributed by atoms with van der Waals surface area (Å²) in [5.74, 6) is 0. The molecule has 0 saturated heterocycles. The number of non-ortho nitro benzene ring substituents is 1. The van der Waals surface area contributed by atoms with Gasteiger partial charge in [0.15, 0.2) is 0 Å². The highest BCUT2D eigenvalue weighted by Crippen LogP contribution is 2.25. The van der Waals surface area contributed by atoms with Gasteiger partial charge in [0, 0.05) is 6.07 Å². The lowest BCUT2D eigenvalue weighted by Crippen LogP contribution is -2.14. The molecule has 0 fully saturated rings. The number of rotatable bonds is 3. The number of carbonyl (C=O) groups is 1. The van der Waals surface area contributed by atoms with Crippen LogP contribution in [0.1, 0.15) is 5.56 Å². The van der Waals surface area contributed by atoms with Gasteiger partial charge in [-0.25, -0.2) is 4.79 Å². The number of carbonyl (C=O) groups excluding carboxylic acids is 1. The minimum atomic E-state index is -0.681. The lowest BCUT2D eigenvalue weighted by molar-refractivity contribution is -0.383. The smallest absolute Gasteiger partial charge is 0.435 e. The summed E-state index contributed by atoms with van der Waals surface area (Å²) >= 11 is 0. The third kappa shape index (κ3) is 2.51. The second-order valence-electron chi connectivity index (χ2n) is 4.56. The van der Waals surface area contributed by atoms with Gasteiger partial charge in [-0.2, -0.15) is 9.78 Å². The van der Waals surface area contributed by atoms with Crippen molar-refractivity contribution in [1.29, 1.82) is 0 Å². The molecule has 0 N–H and O–H groups in total. The number of aromatic nitrogens is 2. The third-order valence-electron chi connectivity index (χ3n) is 3.17.